The molecule has 0 saturated heterocycles. The first-order valence-corrected chi connectivity index (χ1v) is 7.09. The summed E-state index contributed by atoms with van der Waals surface area (Å²) >= 11 is 0. The van der Waals surface area contributed by atoms with Gasteiger partial charge in [0, 0.05) is 25.0 Å². The van der Waals surface area contributed by atoms with Crippen molar-refractivity contribution in [2.75, 3.05) is 6.54 Å². The largest absolute Gasteiger partial charge is 0.444 e. The third-order valence-electron chi connectivity index (χ3n) is 2.64. The maximum Gasteiger partial charge on any atom is 0.407 e. The molecule has 0 aliphatic heterocycles. The lowest BCUT2D eigenvalue weighted by molar-refractivity contribution is 0.0521. The number of hydrogen-bond donors (Lipinski definition) is 3. The number of rotatable bonds is 7. The van der Waals surface area contributed by atoms with Gasteiger partial charge >= 0.3 is 6.09 Å². The third kappa shape index (κ3) is 7.13. The summed E-state index contributed by atoms with van der Waals surface area (Å²) in [5.74, 6) is 0.892. The number of amides is 1. The van der Waals surface area contributed by atoms with Crippen molar-refractivity contribution in [3.63, 3.8) is 0 Å². The van der Waals surface area contributed by atoms with E-state index in [0.717, 1.165) is 18.7 Å². The highest BCUT2D eigenvalue weighted by Gasteiger charge is 2.17. The Morgan fingerprint density at radius 2 is 2.25 bits per heavy atom. The second-order valence-corrected chi connectivity index (χ2v) is 5.79. The van der Waals surface area contributed by atoms with Crippen molar-refractivity contribution in [3.05, 3.63) is 18.2 Å². The Labute approximate surface area is 120 Å². The molecule has 0 saturated carbocycles. The molecule has 0 radical (unpaired) electrons. The first-order chi connectivity index (χ1) is 9.40. The van der Waals surface area contributed by atoms with Crippen LogP contribution in [0, 0.1) is 0 Å². The maximum atomic E-state index is 11.6. The number of aromatic amines is 1. The number of hydrogen-bond acceptors (Lipinski definition) is 4. The molecule has 0 aliphatic rings. The predicted octanol–water partition coefficient (Wildman–Crippen LogP) is 2.19. The van der Waals surface area contributed by atoms with Crippen LogP contribution < -0.4 is 10.6 Å². The number of alkyl carbamates (subject to hydrolysis) is 1. The minimum absolute atomic E-state index is 0.206. The Morgan fingerprint density at radius 3 is 2.80 bits per heavy atom. The Bertz CT molecular complexity index is 384. The number of ether oxygens (including phenoxy) is 1. The van der Waals surface area contributed by atoms with Crippen molar-refractivity contribution in [1.29, 1.82) is 0 Å². The highest BCUT2D eigenvalue weighted by atomic mass is 16.6. The lowest BCUT2D eigenvalue weighted by atomic mass is 10.1. The van der Waals surface area contributed by atoms with Gasteiger partial charge in [0.05, 0.1) is 6.54 Å². The molecule has 1 unspecified atom stereocenters. The van der Waals surface area contributed by atoms with E-state index in [2.05, 4.69) is 27.5 Å². The van der Waals surface area contributed by atoms with Gasteiger partial charge in [-0.3, -0.25) is 0 Å². The number of aromatic nitrogens is 2. The highest BCUT2D eigenvalue weighted by Crippen LogP contribution is 2.06. The fraction of sp³-hybridized carbons (Fsp3) is 0.714. The first kappa shape index (κ1) is 16.5. The Kier molecular flexibility index (Phi) is 6.51. The third-order valence-corrected chi connectivity index (χ3v) is 2.64. The van der Waals surface area contributed by atoms with Crippen LogP contribution >= 0.6 is 0 Å². The molecule has 20 heavy (non-hydrogen) atoms. The van der Waals surface area contributed by atoms with Crippen molar-refractivity contribution in [2.24, 2.45) is 0 Å². The van der Waals surface area contributed by atoms with E-state index in [4.69, 9.17) is 4.74 Å². The zero-order valence-corrected chi connectivity index (χ0v) is 12.8. The van der Waals surface area contributed by atoms with Gasteiger partial charge in [0.2, 0.25) is 0 Å². The minimum Gasteiger partial charge on any atom is -0.444 e. The first-order valence-electron chi connectivity index (χ1n) is 7.09. The average molecular weight is 282 g/mol. The quantitative estimate of drug-likeness (QED) is 0.716. The van der Waals surface area contributed by atoms with Gasteiger partial charge in [-0.15, -0.1) is 0 Å². The molecule has 6 nitrogen and oxygen atoms in total. The van der Waals surface area contributed by atoms with Crippen LogP contribution in [-0.4, -0.2) is 34.2 Å². The van der Waals surface area contributed by atoms with Crippen LogP contribution in [0.25, 0.3) is 0 Å². The summed E-state index contributed by atoms with van der Waals surface area (Å²) in [7, 11) is 0. The average Bonchev–Trinajstić information content (AvgIpc) is 2.83. The van der Waals surface area contributed by atoms with Crippen molar-refractivity contribution < 1.29 is 9.53 Å². The summed E-state index contributed by atoms with van der Waals surface area (Å²) in [6.07, 6.45) is 5.18. The van der Waals surface area contributed by atoms with Crippen molar-refractivity contribution in [2.45, 2.75) is 58.7 Å². The fourth-order valence-corrected chi connectivity index (χ4v) is 1.78. The van der Waals surface area contributed by atoms with Gasteiger partial charge in [-0.05, 0) is 27.2 Å². The van der Waals surface area contributed by atoms with Crippen LogP contribution in [0.5, 0.6) is 0 Å². The maximum absolute atomic E-state index is 11.6. The Morgan fingerprint density at radius 1 is 1.50 bits per heavy atom. The van der Waals surface area contributed by atoms with E-state index in [9.17, 15) is 4.79 Å². The van der Waals surface area contributed by atoms with Gasteiger partial charge in [0.15, 0.2) is 0 Å². The number of nitrogens with zero attached hydrogens (tertiary/aromatic N) is 1. The topological polar surface area (TPSA) is 79.0 Å². The second kappa shape index (κ2) is 7.89. The molecule has 3 N–H and O–H groups in total. The van der Waals surface area contributed by atoms with Gasteiger partial charge in [-0.25, -0.2) is 9.78 Å². The van der Waals surface area contributed by atoms with E-state index < -0.39 is 5.60 Å². The predicted molar refractivity (Wildman–Crippen MR) is 78.4 cm³/mol. The van der Waals surface area contributed by atoms with E-state index in [0.29, 0.717) is 13.1 Å². The Hall–Kier alpha value is -1.56. The summed E-state index contributed by atoms with van der Waals surface area (Å²) in [5, 5.41) is 6.18. The van der Waals surface area contributed by atoms with Crippen LogP contribution in [0.1, 0.15) is 46.4 Å². The lowest BCUT2D eigenvalue weighted by Gasteiger charge is -2.22. The second-order valence-electron chi connectivity index (χ2n) is 5.79. The van der Waals surface area contributed by atoms with Crippen LogP contribution in [0.2, 0.25) is 0 Å². The summed E-state index contributed by atoms with van der Waals surface area (Å²) in [5.41, 5.74) is -0.466. The van der Waals surface area contributed by atoms with Crippen molar-refractivity contribution in [3.8, 4) is 0 Å². The lowest BCUT2D eigenvalue weighted by Crippen LogP contribution is -2.42. The summed E-state index contributed by atoms with van der Waals surface area (Å²) in [6.45, 7) is 8.88. The van der Waals surface area contributed by atoms with Crippen molar-refractivity contribution in [1.82, 2.24) is 20.6 Å². The van der Waals surface area contributed by atoms with Gasteiger partial charge < -0.3 is 20.4 Å². The highest BCUT2D eigenvalue weighted by molar-refractivity contribution is 5.67. The molecule has 1 heterocycles. The number of carbonyl (C=O) groups excluding carboxylic acids is 1. The Balaban J connectivity index is 2.33. The van der Waals surface area contributed by atoms with Crippen molar-refractivity contribution >= 4 is 6.09 Å². The molecule has 0 aromatic carbocycles. The zero-order chi connectivity index (χ0) is 15.0. The molecule has 0 bridgehead atoms. The SMILES string of the molecule is CCCC(CNC(=O)OC(C)(C)C)NCc1ncc[nH]1. The van der Waals surface area contributed by atoms with E-state index in [-0.39, 0.29) is 12.1 Å². The molecular formula is C14H26N4O2. The van der Waals surface area contributed by atoms with Gasteiger partial charge in [0.1, 0.15) is 11.4 Å². The molecule has 1 atom stereocenters. The van der Waals surface area contributed by atoms with Gasteiger partial charge in [0.25, 0.3) is 0 Å². The van der Waals surface area contributed by atoms with Crippen LogP contribution in [-0.2, 0) is 11.3 Å². The summed E-state index contributed by atoms with van der Waals surface area (Å²) < 4.78 is 5.22. The molecule has 0 aliphatic carbocycles. The minimum atomic E-state index is -0.466. The van der Waals surface area contributed by atoms with Crippen LogP contribution in [0.15, 0.2) is 12.4 Å². The number of nitrogens with one attached hydrogen (secondary N) is 3. The number of carbonyl (C=O) groups is 1. The van der Waals surface area contributed by atoms with Crippen LogP contribution in [0.3, 0.4) is 0 Å². The monoisotopic (exact) mass is 282 g/mol. The summed E-state index contributed by atoms with van der Waals surface area (Å²) in [4.78, 5) is 18.8. The number of H-pyrrole nitrogens is 1. The molecule has 114 valence electrons. The molecule has 1 rings (SSSR count). The van der Waals surface area contributed by atoms with E-state index in [1.54, 1.807) is 12.4 Å². The van der Waals surface area contributed by atoms with E-state index >= 15 is 0 Å². The molecule has 0 fully saturated rings. The molecule has 1 aromatic rings. The molecule has 1 amide bonds. The van der Waals surface area contributed by atoms with E-state index in [1.165, 1.54) is 0 Å². The van der Waals surface area contributed by atoms with Crippen LogP contribution in [0.4, 0.5) is 4.79 Å². The molecule has 0 spiro atoms. The van der Waals surface area contributed by atoms with Gasteiger partial charge in [-0.2, -0.15) is 0 Å². The molecular weight excluding hydrogens is 256 g/mol. The standard InChI is InChI=1S/C14H26N4O2/c1-5-6-11(17-10-12-15-7-8-16-12)9-18-13(19)20-14(2,3)4/h7-8,11,17H,5-6,9-10H2,1-4H3,(H,15,16)(H,18,19). The number of imidazole rings is 1. The molecule has 6 heteroatoms. The normalized spacial score (nSPS) is 13.0. The zero-order valence-electron chi connectivity index (χ0n) is 12.8. The molecule has 1 aromatic heterocycles. The fourth-order valence-electron chi connectivity index (χ4n) is 1.78. The van der Waals surface area contributed by atoms with E-state index in [1.807, 2.05) is 20.8 Å². The smallest absolute Gasteiger partial charge is 0.407 e. The summed E-state index contributed by atoms with van der Waals surface area (Å²) in [6, 6.07) is 0.206. The van der Waals surface area contributed by atoms with Gasteiger partial charge in [-0.1, -0.05) is 13.3 Å².